The number of rotatable bonds is 1. The van der Waals surface area contributed by atoms with Crippen molar-refractivity contribution in [2.24, 2.45) is 0 Å². The van der Waals surface area contributed by atoms with Gasteiger partial charge in [-0.25, -0.2) is 0 Å². The van der Waals surface area contributed by atoms with E-state index in [2.05, 4.69) is 39.0 Å². The maximum atomic E-state index is 5.77. The molecule has 0 fully saturated rings. The fourth-order valence-corrected chi connectivity index (χ4v) is 1.23. The van der Waals surface area contributed by atoms with Gasteiger partial charge in [0.1, 0.15) is 5.60 Å². The third-order valence-electron chi connectivity index (χ3n) is 1.65. The molecule has 0 N–H and O–H groups in total. The molecular weight excluding hydrogens is 148 g/mol. The first-order valence-electron chi connectivity index (χ1n) is 4.63. The van der Waals surface area contributed by atoms with E-state index in [1.54, 1.807) is 0 Å². The summed E-state index contributed by atoms with van der Waals surface area (Å²) < 4.78 is 5.77. The number of hydrogen-bond donors (Lipinski definition) is 0. The predicted molar refractivity (Wildman–Crippen MR) is 51.9 cm³/mol. The highest BCUT2D eigenvalue weighted by atomic mass is 16.5. The summed E-state index contributed by atoms with van der Waals surface area (Å²) in [5, 5.41) is 0. The van der Waals surface area contributed by atoms with E-state index in [-0.39, 0.29) is 5.60 Å². The second kappa shape index (κ2) is 3.79. The first-order valence-corrected chi connectivity index (χ1v) is 4.63. The summed E-state index contributed by atoms with van der Waals surface area (Å²) in [6, 6.07) is 0. The van der Waals surface area contributed by atoms with Gasteiger partial charge in [-0.3, -0.25) is 0 Å². The molecule has 1 nitrogen and oxygen atoms in total. The van der Waals surface area contributed by atoms with Crippen LogP contribution in [0.3, 0.4) is 0 Å². The van der Waals surface area contributed by atoms with Gasteiger partial charge in [-0.15, -0.1) is 0 Å². The van der Waals surface area contributed by atoms with Crippen molar-refractivity contribution in [1.29, 1.82) is 0 Å². The van der Waals surface area contributed by atoms with Crippen molar-refractivity contribution in [1.82, 2.24) is 0 Å². The molecule has 0 heterocycles. The van der Waals surface area contributed by atoms with Gasteiger partial charge >= 0.3 is 0 Å². The maximum Gasteiger partial charge on any atom is 0.100 e. The Morgan fingerprint density at radius 2 is 2.08 bits per heavy atom. The van der Waals surface area contributed by atoms with Crippen LogP contribution < -0.4 is 0 Å². The van der Waals surface area contributed by atoms with E-state index in [1.165, 1.54) is 12.8 Å². The van der Waals surface area contributed by atoms with Crippen molar-refractivity contribution in [3.05, 3.63) is 24.0 Å². The second-order valence-electron chi connectivity index (χ2n) is 4.17. The summed E-state index contributed by atoms with van der Waals surface area (Å²) in [5.74, 6) is 1.12. The molecule has 1 aliphatic rings. The summed E-state index contributed by atoms with van der Waals surface area (Å²) >= 11 is 0. The SMILES string of the molecule is CC(C)(C)OC1=CC=CCCC1. The smallest absolute Gasteiger partial charge is 0.100 e. The van der Waals surface area contributed by atoms with Gasteiger partial charge in [-0.1, -0.05) is 12.2 Å². The van der Waals surface area contributed by atoms with E-state index < -0.39 is 0 Å². The van der Waals surface area contributed by atoms with Gasteiger partial charge in [0.15, 0.2) is 0 Å². The van der Waals surface area contributed by atoms with Crippen LogP contribution in [0.4, 0.5) is 0 Å². The van der Waals surface area contributed by atoms with Gasteiger partial charge in [0, 0.05) is 6.42 Å². The molecule has 12 heavy (non-hydrogen) atoms. The Morgan fingerprint density at radius 1 is 1.33 bits per heavy atom. The molecule has 0 amide bonds. The molecule has 0 saturated heterocycles. The molecule has 68 valence electrons. The lowest BCUT2D eigenvalue weighted by Gasteiger charge is -2.23. The monoisotopic (exact) mass is 166 g/mol. The summed E-state index contributed by atoms with van der Waals surface area (Å²) in [6.45, 7) is 6.26. The predicted octanol–water partition coefficient (Wildman–Crippen LogP) is 3.43. The summed E-state index contributed by atoms with van der Waals surface area (Å²) in [7, 11) is 0. The molecule has 1 heteroatoms. The van der Waals surface area contributed by atoms with E-state index in [0.29, 0.717) is 0 Å². The second-order valence-corrected chi connectivity index (χ2v) is 4.17. The first-order chi connectivity index (χ1) is 5.58. The van der Waals surface area contributed by atoms with Crippen LogP contribution in [0.2, 0.25) is 0 Å². The van der Waals surface area contributed by atoms with Crippen LogP contribution in [0.15, 0.2) is 24.0 Å². The molecule has 0 unspecified atom stereocenters. The fraction of sp³-hybridized carbons (Fsp3) is 0.636. The molecule has 0 aromatic carbocycles. The molecule has 0 radical (unpaired) electrons. The van der Waals surface area contributed by atoms with E-state index in [1.807, 2.05) is 0 Å². The molecule has 1 rings (SSSR count). The van der Waals surface area contributed by atoms with Crippen LogP contribution in [0.1, 0.15) is 40.0 Å². The first kappa shape index (κ1) is 9.37. The summed E-state index contributed by atoms with van der Waals surface area (Å²) in [6.07, 6.45) is 9.82. The van der Waals surface area contributed by atoms with Crippen LogP contribution >= 0.6 is 0 Å². The van der Waals surface area contributed by atoms with Crippen molar-refractivity contribution >= 4 is 0 Å². The minimum absolute atomic E-state index is 0.0516. The molecule has 0 atom stereocenters. The van der Waals surface area contributed by atoms with Gasteiger partial charge in [-0.05, 0) is 39.7 Å². The van der Waals surface area contributed by atoms with Crippen molar-refractivity contribution in [3.63, 3.8) is 0 Å². The lowest BCUT2D eigenvalue weighted by molar-refractivity contribution is 0.0468. The molecular formula is C11H18O. The lowest BCUT2D eigenvalue weighted by atomic mass is 10.2. The highest BCUT2D eigenvalue weighted by Crippen LogP contribution is 2.20. The maximum absolute atomic E-state index is 5.77. The quantitative estimate of drug-likeness (QED) is 0.580. The standard InChI is InChI=1S/C11H18O/c1-11(2,3)12-10-8-6-4-5-7-9-10/h4,6,8H,5,7,9H2,1-3H3. The van der Waals surface area contributed by atoms with Crippen LogP contribution in [0, 0.1) is 0 Å². The molecule has 0 aliphatic heterocycles. The van der Waals surface area contributed by atoms with Crippen LogP contribution in [0.25, 0.3) is 0 Å². The van der Waals surface area contributed by atoms with Crippen molar-refractivity contribution in [2.75, 3.05) is 0 Å². The van der Waals surface area contributed by atoms with Crippen molar-refractivity contribution in [2.45, 2.75) is 45.6 Å². The van der Waals surface area contributed by atoms with E-state index in [9.17, 15) is 0 Å². The number of hydrogen-bond acceptors (Lipinski definition) is 1. The minimum atomic E-state index is -0.0516. The minimum Gasteiger partial charge on any atom is -0.493 e. The lowest BCUT2D eigenvalue weighted by Crippen LogP contribution is -2.18. The van der Waals surface area contributed by atoms with Crippen molar-refractivity contribution in [3.8, 4) is 0 Å². The highest BCUT2D eigenvalue weighted by Gasteiger charge is 2.13. The third kappa shape index (κ3) is 3.61. The zero-order valence-electron chi connectivity index (χ0n) is 8.26. The Bertz CT molecular complexity index is 194. The Morgan fingerprint density at radius 3 is 2.75 bits per heavy atom. The van der Waals surface area contributed by atoms with Crippen LogP contribution in [0.5, 0.6) is 0 Å². The van der Waals surface area contributed by atoms with Gasteiger partial charge in [0.05, 0.1) is 5.76 Å². The van der Waals surface area contributed by atoms with Gasteiger partial charge in [-0.2, -0.15) is 0 Å². The van der Waals surface area contributed by atoms with E-state index in [0.717, 1.165) is 12.2 Å². The zero-order valence-corrected chi connectivity index (χ0v) is 8.26. The average Bonchev–Trinajstić information content (AvgIpc) is 2.12. The van der Waals surface area contributed by atoms with Crippen molar-refractivity contribution < 1.29 is 4.74 Å². The number of allylic oxidation sites excluding steroid dienone is 4. The zero-order chi connectivity index (χ0) is 9.03. The molecule has 0 saturated carbocycles. The fourth-order valence-electron chi connectivity index (χ4n) is 1.23. The molecule has 0 aromatic heterocycles. The largest absolute Gasteiger partial charge is 0.493 e. The van der Waals surface area contributed by atoms with Gasteiger partial charge in [0.2, 0.25) is 0 Å². The topological polar surface area (TPSA) is 9.23 Å². The average molecular weight is 166 g/mol. The third-order valence-corrected chi connectivity index (χ3v) is 1.65. The Labute approximate surface area is 75.1 Å². The normalized spacial score (nSPS) is 18.4. The Kier molecular flexibility index (Phi) is 2.96. The summed E-state index contributed by atoms with van der Waals surface area (Å²) in [5.41, 5.74) is -0.0516. The molecule has 0 aromatic rings. The van der Waals surface area contributed by atoms with Crippen LogP contribution in [-0.4, -0.2) is 5.60 Å². The van der Waals surface area contributed by atoms with Gasteiger partial charge < -0.3 is 4.74 Å². The van der Waals surface area contributed by atoms with E-state index >= 15 is 0 Å². The molecule has 0 bridgehead atoms. The summed E-state index contributed by atoms with van der Waals surface area (Å²) in [4.78, 5) is 0. The number of ether oxygens (including phenoxy) is 1. The highest BCUT2D eigenvalue weighted by molar-refractivity contribution is 5.10. The van der Waals surface area contributed by atoms with Gasteiger partial charge in [0.25, 0.3) is 0 Å². The Hall–Kier alpha value is -0.720. The molecule has 0 spiro atoms. The molecule has 1 aliphatic carbocycles. The Balaban J connectivity index is 2.51. The van der Waals surface area contributed by atoms with Crippen LogP contribution in [-0.2, 0) is 4.74 Å². The van der Waals surface area contributed by atoms with E-state index in [4.69, 9.17) is 4.74 Å².